The summed E-state index contributed by atoms with van der Waals surface area (Å²) in [5.41, 5.74) is 1.21. The van der Waals surface area contributed by atoms with Gasteiger partial charge in [-0.25, -0.2) is 4.98 Å². The standard InChI is InChI=1S/C15H8ClN3O2S/c1-7-18-12-13(20)10(16)11(14(21)15(12)22-7)19-9-4-2-8(6-17)3-5-9/h2-5,19H,1H3. The second-order valence-corrected chi connectivity index (χ2v) is 6.15. The van der Waals surface area contributed by atoms with Gasteiger partial charge >= 0.3 is 0 Å². The third-order valence-corrected chi connectivity index (χ3v) is 4.41. The van der Waals surface area contributed by atoms with E-state index in [1.54, 1.807) is 31.2 Å². The minimum Gasteiger partial charge on any atom is -0.351 e. The summed E-state index contributed by atoms with van der Waals surface area (Å²) >= 11 is 7.20. The van der Waals surface area contributed by atoms with Gasteiger partial charge in [0.1, 0.15) is 21.3 Å². The van der Waals surface area contributed by atoms with Gasteiger partial charge in [0.15, 0.2) is 0 Å². The highest BCUT2D eigenvalue weighted by molar-refractivity contribution is 7.14. The molecular weight excluding hydrogens is 322 g/mol. The number of benzene rings is 1. The maximum Gasteiger partial charge on any atom is 0.226 e. The van der Waals surface area contributed by atoms with Crippen molar-refractivity contribution in [3.05, 3.63) is 56.1 Å². The number of carbonyl (C=O) groups is 2. The summed E-state index contributed by atoms with van der Waals surface area (Å²) in [6.07, 6.45) is 0. The Morgan fingerprint density at radius 2 is 1.91 bits per heavy atom. The van der Waals surface area contributed by atoms with E-state index in [0.717, 1.165) is 0 Å². The Morgan fingerprint density at radius 3 is 2.55 bits per heavy atom. The molecule has 0 spiro atoms. The van der Waals surface area contributed by atoms with Crippen LogP contribution in [0.15, 0.2) is 35.0 Å². The van der Waals surface area contributed by atoms with Crippen LogP contribution in [0.4, 0.5) is 5.69 Å². The van der Waals surface area contributed by atoms with E-state index < -0.39 is 5.78 Å². The van der Waals surface area contributed by atoms with Gasteiger partial charge in [0.05, 0.1) is 16.6 Å². The Labute approximate surface area is 134 Å². The van der Waals surface area contributed by atoms with E-state index in [-0.39, 0.29) is 22.2 Å². The molecule has 0 atom stereocenters. The van der Waals surface area contributed by atoms with Gasteiger partial charge in [-0.3, -0.25) is 9.59 Å². The molecule has 1 N–H and O–H groups in total. The topological polar surface area (TPSA) is 82.8 Å². The van der Waals surface area contributed by atoms with Crippen LogP contribution in [0.1, 0.15) is 30.7 Å². The summed E-state index contributed by atoms with van der Waals surface area (Å²) in [6, 6.07) is 8.49. The summed E-state index contributed by atoms with van der Waals surface area (Å²) in [6.45, 7) is 1.73. The van der Waals surface area contributed by atoms with E-state index >= 15 is 0 Å². The van der Waals surface area contributed by atoms with Crippen LogP contribution in [0, 0.1) is 18.3 Å². The van der Waals surface area contributed by atoms with E-state index in [1.807, 2.05) is 6.07 Å². The van der Waals surface area contributed by atoms with Crippen LogP contribution in [-0.2, 0) is 0 Å². The fourth-order valence-corrected chi connectivity index (χ4v) is 3.13. The van der Waals surface area contributed by atoms with Crippen molar-refractivity contribution in [3.8, 4) is 6.07 Å². The number of nitrogens with one attached hydrogen (secondary N) is 1. The molecule has 0 fully saturated rings. The van der Waals surface area contributed by atoms with Crippen molar-refractivity contribution in [2.75, 3.05) is 5.32 Å². The zero-order valence-electron chi connectivity index (χ0n) is 11.3. The lowest BCUT2D eigenvalue weighted by Gasteiger charge is -2.15. The van der Waals surface area contributed by atoms with Crippen LogP contribution in [0.5, 0.6) is 0 Å². The van der Waals surface area contributed by atoms with Crippen molar-refractivity contribution in [2.24, 2.45) is 0 Å². The number of hydrogen-bond acceptors (Lipinski definition) is 6. The number of thiazole rings is 1. The third kappa shape index (κ3) is 2.30. The number of anilines is 1. The fourth-order valence-electron chi connectivity index (χ4n) is 2.05. The van der Waals surface area contributed by atoms with E-state index in [0.29, 0.717) is 21.1 Å². The third-order valence-electron chi connectivity index (χ3n) is 3.08. The van der Waals surface area contributed by atoms with Gasteiger partial charge < -0.3 is 5.32 Å². The normalized spacial score (nSPS) is 13.9. The van der Waals surface area contributed by atoms with Gasteiger partial charge in [0, 0.05) is 5.69 Å². The molecule has 1 aromatic heterocycles. The molecule has 0 saturated carbocycles. The highest BCUT2D eigenvalue weighted by atomic mass is 35.5. The number of rotatable bonds is 2. The monoisotopic (exact) mass is 329 g/mol. The molecule has 0 bridgehead atoms. The Kier molecular flexibility index (Phi) is 3.53. The second-order valence-electron chi connectivity index (χ2n) is 4.57. The molecule has 22 heavy (non-hydrogen) atoms. The molecule has 0 aliphatic heterocycles. The molecule has 1 heterocycles. The zero-order chi connectivity index (χ0) is 15.9. The number of halogens is 1. The Balaban J connectivity index is 1.99. The number of Topliss-reactive ketones (excluding diaryl/α,β-unsaturated/α-hetero) is 2. The molecule has 5 nitrogen and oxygen atoms in total. The van der Waals surface area contributed by atoms with Crippen molar-refractivity contribution in [1.29, 1.82) is 5.26 Å². The molecule has 0 radical (unpaired) electrons. The highest BCUT2D eigenvalue weighted by Gasteiger charge is 2.34. The largest absolute Gasteiger partial charge is 0.351 e. The maximum atomic E-state index is 12.5. The summed E-state index contributed by atoms with van der Waals surface area (Å²) in [4.78, 5) is 29.0. The van der Waals surface area contributed by atoms with Crippen LogP contribution in [0.3, 0.4) is 0 Å². The van der Waals surface area contributed by atoms with Crippen LogP contribution < -0.4 is 5.32 Å². The van der Waals surface area contributed by atoms with E-state index in [1.165, 1.54) is 11.3 Å². The average molecular weight is 330 g/mol. The molecule has 1 aliphatic rings. The first-order valence-corrected chi connectivity index (χ1v) is 7.44. The number of aromatic nitrogens is 1. The number of carbonyl (C=O) groups excluding carboxylic acids is 2. The molecule has 108 valence electrons. The number of nitriles is 1. The van der Waals surface area contributed by atoms with Gasteiger partial charge in [-0.2, -0.15) is 5.26 Å². The molecule has 2 aromatic rings. The Bertz CT molecular complexity index is 875. The van der Waals surface area contributed by atoms with Crippen molar-refractivity contribution < 1.29 is 9.59 Å². The highest BCUT2D eigenvalue weighted by Crippen LogP contribution is 2.32. The molecular formula is C15H8ClN3O2S. The number of aryl methyl sites for hydroxylation is 1. The van der Waals surface area contributed by atoms with Gasteiger partial charge in [0.2, 0.25) is 11.6 Å². The molecule has 1 aliphatic carbocycles. The molecule has 7 heteroatoms. The summed E-state index contributed by atoms with van der Waals surface area (Å²) in [5.74, 6) is -0.814. The second kappa shape index (κ2) is 5.37. The number of fused-ring (bicyclic) bond motifs is 1. The molecule has 0 unspecified atom stereocenters. The SMILES string of the molecule is Cc1nc2c(s1)C(=O)C(Nc1ccc(C#N)cc1)=C(Cl)C2=O. The fraction of sp³-hybridized carbons (Fsp3) is 0.0667. The first kappa shape index (κ1) is 14.4. The number of ketones is 2. The predicted octanol–water partition coefficient (Wildman–Crippen LogP) is 3.26. The van der Waals surface area contributed by atoms with Crippen LogP contribution in [0.25, 0.3) is 0 Å². The number of hydrogen-bond donors (Lipinski definition) is 1. The quantitative estimate of drug-likeness (QED) is 0.914. The predicted molar refractivity (Wildman–Crippen MR) is 83.2 cm³/mol. The smallest absolute Gasteiger partial charge is 0.226 e. The van der Waals surface area contributed by atoms with Crippen molar-refractivity contribution in [2.45, 2.75) is 6.92 Å². The van der Waals surface area contributed by atoms with Gasteiger partial charge in [-0.15, -0.1) is 11.3 Å². The van der Waals surface area contributed by atoms with E-state index in [2.05, 4.69) is 10.3 Å². The molecule has 3 rings (SSSR count). The maximum absolute atomic E-state index is 12.5. The first-order chi connectivity index (χ1) is 10.5. The van der Waals surface area contributed by atoms with Crippen molar-refractivity contribution in [1.82, 2.24) is 4.98 Å². The average Bonchev–Trinajstić information content (AvgIpc) is 2.92. The van der Waals surface area contributed by atoms with Crippen LogP contribution >= 0.6 is 22.9 Å². The van der Waals surface area contributed by atoms with Crippen LogP contribution in [-0.4, -0.2) is 16.6 Å². The molecule has 0 amide bonds. The minimum atomic E-state index is -0.461. The van der Waals surface area contributed by atoms with Crippen molar-refractivity contribution in [3.63, 3.8) is 0 Å². The number of nitrogens with zero attached hydrogens (tertiary/aromatic N) is 2. The lowest BCUT2D eigenvalue weighted by atomic mass is 10.0. The lowest BCUT2D eigenvalue weighted by Crippen LogP contribution is -2.23. The minimum absolute atomic E-state index is 0.0347. The molecule has 0 saturated heterocycles. The lowest BCUT2D eigenvalue weighted by molar-refractivity contribution is 0.0982. The summed E-state index contributed by atoms with van der Waals surface area (Å²) in [5, 5.41) is 12.1. The zero-order valence-corrected chi connectivity index (χ0v) is 12.9. The Morgan fingerprint density at radius 1 is 1.23 bits per heavy atom. The number of allylic oxidation sites excluding steroid dienone is 2. The summed E-state index contributed by atoms with van der Waals surface area (Å²) < 4.78 is 0. The van der Waals surface area contributed by atoms with Gasteiger partial charge in [-0.05, 0) is 31.2 Å². The van der Waals surface area contributed by atoms with E-state index in [4.69, 9.17) is 16.9 Å². The van der Waals surface area contributed by atoms with Gasteiger partial charge in [-0.1, -0.05) is 11.6 Å². The summed E-state index contributed by atoms with van der Waals surface area (Å²) in [7, 11) is 0. The van der Waals surface area contributed by atoms with Crippen LogP contribution in [0.2, 0.25) is 0 Å². The van der Waals surface area contributed by atoms with Gasteiger partial charge in [0.25, 0.3) is 0 Å². The van der Waals surface area contributed by atoms with E-state index in [9.17, 15) is 9.59 Å². The first-order valence-electron chi connectivity index (χ1n) is 6.25. The van der Waals surface area contributed by atoms with Crippen molar-refractivity contribution >= 4 is 40.2 Å². The Hall–Kier alpha value is -2.49. The molecule has 1 aromatic carbocycles.